The van der Waals surface area contributed by atoms with Crippen molar-refractivity contribution in [2.24, 2.45) is 0 Å². The standard InChI is InChI=1S/C22H28N4O2.2ClH/c1-2-28-17-16-25-12-14-26(15-13-25)22(27)24-21-8-5-6-19(18-21)9-10-20-7-3-4-11-23-20;;/h3-11,18H,2,12-17H2,1H3,(H,24,27);2*1H. The van der Waals surface area contributed by atoms with Gasteiger partial charge in [0.25, 0.3) is 0 Å². The van der Waals surface area contributed by atoms with E-state index in [1.54, 1.807) is 6.20 Å². The Morgan fingerprint density at radius 3 is 2.60 bits per heavy atom. The average molecular weight is 453 g/mol. The van der Waals surface area contributed by atoms with Crippen LogP contribution in [-0.2, 0) is 4.74 Å². The third-order valence-corrected chi connectivity index (χ3v) is 4.69. The smallest absolute Gasteiger partial charge is 0.321 e. The number of carbonyl (C=O) groups excluding carboxylic acids is 1. The van der Waals surface area contributed by atoms with Crippen molar-refractivity contribution in [2.45, 2.75) is 6.92 Å². The minimum Gasteiger partial charge on any atom is -0.380 e. The van der Waals surface area contributed by atoms with Crippen molar-refractivity contribution in [3.63, 3.8) is 0 Å². The van der Waals surface area contributed by atoms with Crippen LogP contribution in [0.2, 0.25) is 0 Å². The lowest BCUT2D eigenvalue weighted by atomic mass is 10.1. The highest BCUT2D eigenvalue weighted by atomic mass is 35.5. The van der Waals surface area contributed by atoms with Gasteiger partial charge < -0.3 is 15.0 Å². The van der Waals surface area contributed by atoms with Gasteiger partial charge in [0.05, 0.1) is 12.3 Å². The third kappa shape index (κ3) is 8.32. The molecule has 30 heavy (non-hydrogen) atoms. The number of nitrogens with zero attached hydrogens (tertiary/aromatic N) is 3. The number of ether oxygens (including phenoxy) is 1. The van der Waals surface area contributed by atoms with E-state index < -0.39 is 0 Å². The van der Waals surface area contributed by atoms with Gasteiger partial charge in [-0.3, -0.25) is 9.88 Å². The molecule has 1 aliphatic heterocycles. The highest BCUT2D eigenvalue weighted by molar-refractivity contribution is 5.90. The van der Waals surface area contributed by atoms with E-state index in [1.807, 2.05) is 66.4 Å². The van der Waals surface area contributed by atoms with Gasteiger partial charge in [-0.2, -0.15) is 0 Å². The quantitative estimate of drug-likeness (QED) is 0.636. The van der Waals surface area contributed by atoms with Gasteiger partial charge in [-0.15, -0.1) is 24.8 Å². The average Bonchev–Trinajstić information content (AvgIpc) is 2.74. The van der Waals surface area contributed by atoms with Gasteiger partial charge >= 0.3 is 6.03 Å². The van der Waals surface area contributed by atoms with Crippen LogP contribution in [0.4, 0.5) is 10.5 Å². The zero-order chi connectivity index (χ0) is 19.6. The maximum Gasteiger partial charge on any atom is 0.321 e. The number of aromatic nitrogens is 1. The second-order valence-electron chi connectivity index (χ2n) is 6.67. The Bertz CT molecular complexity index is 782. The van der Waals surface area contributed by atoms with Gasteiger partial charge in [0.15, 0.2) is 0 Å². The van der Waals surface area contributed by atoms with Gasteiger partial charge in [0.1, 0.15) is 0 Å². The summed E-state index contributed by atoms with van der Waals surface area (Å²) in [5.74, 6) is 0. The molecule has 0 spiro atoms. The summed E-state index contributed by atoms with van der Waals surface area (Å²) in [7, 11) is 0. The van der Waals surface area contributed by atoms with Gasteiger partial charge in [-0.05, 0) is 42.8 Å². The molecule has 0 atom stereocenters. The van der Waals surface area contributed by atoms with Crippen LogP contribution >= 0.6 is 24.8 Å². The number of anilines is 1. The van der Waals surface area contributed by atoms with Crippen molar-refractivity contribution in [3.8, 4) is 0 Å². The Balaban J connectivity index is 0.00000225. The highest BCUT2D eigenvalue weighted by Gasteiger charge is 2.20. The molecule has 1 fully saturated rings. The second kappa shape index (κ2) is 14.0. The molecule has 164 valence electrons. The Labute approximate surface area is 191 Å². The molecule has 1 N–H and O–H groups in total. The fraction of sp³-hybridized carbons (Fsp3) is 0.364. The number of nitrogens with one attached hydrogen (secondary N) is 1. The molecule has 0 saturated carbocycles. The monoisotopic (exact) mass is 452 g/mol. The van der Waals surface area contributed by atoms with Crippen LogP contribution < -0.4 is 5.32 Å². The molecule has 1 aliphatic rings. The first-order valence-electron chi connectivity index (χ1n) is 9.80. The van der Waals surface area contributed by atoms with E-state index in [2.05, 4.69) is 15.2 Å². The van der Waals surface area contributed by atoms with Crippen molar-refractivity contribution < 1.29 is 9.53 Å². The van der Waals surface area contributed by atoms with E-state index in [9.17, 15) is 4.79 Å². The van der Waals surface area contributed by atoms with Crippen LogP contribution in [0.5, 0.6) is 0 Å². The maximum atomic E-state index is 12.6. The molecular weight excluding hydrogens is 423 g/mol. The molecule has 0 unspecified atom stereocenters. The summed E-state index contributed by atoms with van der Waals surface area (Å²) in [6, 6.07) is 13.6. The van der Waals surface area contributed by atoms with Crippen LogP contribution in [0.1, 0.15) is 18.2 Å². The van der Waals surface area contributed by atoms with Crippen molar-refractivity contribution in [2.75, 3.05) is 51.3 Å². The van der Waals surface area contributed by atoms with E-state index in [0.29, 0.717) is 0 Å². The van der Waals surface area contributed by atoms with E-state index in [4.69, 9.17) is 4.74 Å². The summed E-state index contributed by atoms with van der Waals surface area (Å²) in [4.78, 5) is 21.1. The van der Waals surface area contributed by atoms with Gasteiger partial charge in [0.2, 0.25) is 0 Å². The summed E-state index contributed by atoms with van der Waals surface area (Å²) >= 11 is 0. The molecule has 2 heterocycles. The predicted octanol–water partition coefficient (Wildman–Crippen LogP) is 4.28. The lowest BCUT2D eigenvalue weighted by molar-refractivity contribution is 0.0901. The summed E-state index contributed by atoms with van der Waals surface area (Å²) in [6.45, 7) is 7.66. The first-order chi connectivity index (χ1) is 13.7. The lowest BCUT2D eigenvalue weighted by Crippen LogP contribution is -2.50. The molecule has 1 aromatic heterocycles. The molecule has 8 heteroatoms. The lowest BCUT2D eigenvalue weighted by Gasteiger charge is -2.34. The first-order valence-corrected chi connectivity index (χ1v) is 9.80. The number of urea groups is 1. The Kier molecular flexibility index (Phi) is 12.1. The molecule has 1 aromatic carbocycles. The van der Waals surface area contributed by atoms with Crippen molar-refractivity contribution in [3.05, 3.63) is 59.9 Å². The summed E-state index contributed by atoms with van der Waals surface area (Å²) in [5.41, 5.74) is 2.72. The number of halogens is 2. The summed E-state index contributed by atoms with van der Waals surface area (Å²) in [6.07, 6.45) is 5.73. The first kappa shape index (κ1) is 25.9. The summed E-state index contributed by atoms with van der Waals surface area (Å²) < 4.78 is 5.40. The fourth-order valence-corrected chi connectivity index (χ4v) is 3.09. The van der Waals surface area contributed by atoms with Crippen molar-refractivity contribution in [1.29, 1.82) is 0 Å². The fourth-order valence-electron chi connectivity index (χ4n) is 3.09. The van der Waals surface area contributed by atoms with Gasteiger partial charge in [0, 0.05) is 51.2 Å². The number of pyridine rings is 1. The zero-order valence-electron chi connectivity index (χ0n) is 17.2. The highest BCUT2D eigenvalue weighted by Crippen LogP contribution is 2.14. The summed E-state index contributed by atoms with van der Waals surface area (Å²) in [5, 5.41) is 3.01. The van der Waals surface area contributed by atoms with Crippen LogP contribution in [-0.4, -0.2) is 66.8 Å². The van der Waals surface area contributed by atoms with E-state index in [0.717, 1.165) is 62.9 Å². The number of hydrogen-bond donors (Lipinski definition) is 1. The third-order valence-electron chi connectivity index (χ3n) is 4.69. The predicted molar refractivity (Wildman–Crippen MR) is 128 cm³/mol. The minimum absolute atomic E-state index is 0. The topological polar surface area (TPSA) is 57.7 Å². The maximum absolute atomic E-state index is 12.6. The van der Waals surface area contributed by atoms with Gasteiger partial charge in [-0.1, -0.05) is 24.3 Å². The Morgan fingerprint density at radius 2 is 1.90 bits per heavy atom. The largest absolute Gasteiger partial charge is 0.380 e. The minimum atomic E-state index is -0.0460. The number of hydrogen-bond acceptors (Lipinski definition) is 4. The van der Waals surface area contributed by atoms with Gasteiger partial charge in [-0.25, -0.2) is 4.79 Å². The number of benzene rings is 1. The normalized spacial score (nSPS) is 14.1. The molecule has 3 rings (SSSR count). The van der Waals surface area contributed by atoms with E-state index >= 15 is 0 Å². The molecule has 0 bridgehead atoms. The van der Waals surface area contributed by atoms with Crippen LogP contribution in [0.3, 0.4) is 0 Å². The molecule has 2 amide bonds. The SMILES string of the molecule is CCOCCN1CCN(C(=O)Nc2cccc(C=Cc3ccccn3)c2)CC1.Cl.Cl. The van der Waals surface area contributed by atoms with E-state index in [1.165, 1.54) is 0 Å². The molecule has 1 saturated heterocycles. The molecule has 2 aromatic rings. The zero-order valence-corrected chi connectivity index (χ0v) is 18.8. The van der Waals surface area contributed by atoms with Crippen LogP contribution in [0, 0.1) is 0 Å². The molecule has 6 nitrogen and oxygen atoms in total. The van der Waals surface area contributed by atoms with Crippen LogP contribution in [0.25, 0.3) is 12.2 Å². The molecule has 0 aliphatic carbocycles. The second-order valence-corrected chi connectivity index (χ2v) is 6.67. The Morgan fingerprint density at radius 1 is 1.10 bits per heavy atom. The molecular formula is C22H30Cl2N4O2. The number of amides is 2. The van der Waals surface area contributed by atoms with Crippen molar-refractivity contribution in [1.82, 2.24) is 14.8 Å². The number of piperazine rings is 1. The number of carbonyl (C=O) groups is 1. The van der Waals surface area contributed by atoms with Crippen LogP contribution in [0.15, 0.2) is 48.7 Å². The van der Waals surface area contributed by atoms with E-state index in [-0.39, 0.29) is 30.8 Å². The Hall–Kier alpha value is -2.12. The number of rotatable bonds is 7. The van der Waals surface area contributed by atoms with Crippen molar-refractivity contribution >= 4 is 48.7 Å². The molecule has 0 radical (unpaired) electrons.